The SMILES string of the molecule is Cc1cc(OC(=O)[C@@H]2CC(=O)N(c3cccc(Cl)c3C)C2)ccc1N1C(=O)[C@@H]2[C@@H](C)C=CC[C@H]2C1=O. The molecule has 0 radical (unpaired) electrons. The highest BCUT2D eigenvalue weighted by molar-refractivity contribution is 6.31. The fourth-order valence-corrected chi connectivity index (χ4v) is 5.68. The fraction of sp³-hybridized carbons (Fsp3) is 0.357. The molecular weight excluding hydrogens is 480 g/mol. The maximum atomic E-state index is 13.1. The molecule has 0 aromatic heterocycles. The lowest BCUT2D eigenvalue weighted by Crippen LogP contribution is -2.32. The molecule has 0 bridgehead atoms. The van der Waals surface area contributed by atoms with Crippen molar-refractivity contribution in [2.75, 3.05) is 16.3 Å². The van der Waals surface area contributed by atoms with Crippen LogP contribution in [0.1, 0.15) is 30.9 Å². The lowest BCUT2D eigenvalue weighted by molar-refractivity contribution is -0.139. The van der Waals surface area contributed by atoms with Gasteiger partial charge in [0.25, 0.3) is 0 Å². The molecule has 8 heteroatoms. The van der Waals surface area contributed by atoms with Crippen LogP contribution < -0.4 is 14.5 Å². The number of ether oxygens (including phenoxy) is 1. The van der Waals surface area contributed by atoms with Gasteiger partial charge in [0.1, 0.15) is 5.75 Å². The van der Waals surface area contributed by atoms with Gasteiger partial charge in [0.2, 0.25) is 17.7 Å². The number of hydrogen-bond acceptors (Lipinski definition) is 5. The number of anilines is 2. The number of carbonyl (C=O) groups is 4. The molecule has 2 aliphatic heterocycles. The molecule has 7 nitrogen and oxygen atoms in total. The summed E-state index contributed by atoms with van der Waals surface area (Å²) in [6.45, 7) is 5.78. The standard InChI is InChI=1S/C28H27ClN2O5/c1-15-6-4-7-20-25(15)27(34)31(26(20)33)22-11-10-19(12-16(22)2)36-28(35)18-13-24(32)30(14-18)23-9-5-8-21(29)17(23)3/h4-6,8-12,15,18,20,25H,7,13-14H2,1-3H3/t15-,18+,20+,25+/m0/s1. The minimum atomic E-state index is -0.616. The number of carbonyl (C=O) groups excluding carboxylic acids is 4. The number of rotatable bonds is 4. The highest BCUT2D eigenvalue weighted by atomic mass is 35.5. The van der Waals surface area contributed by atoms with E-state index in [2.05, 4.69) is 0 Å². The van der Waals surface area contributed by atoms with E-state index in [1.807, 2.05) is 32.1 Å². The summed E-state index contributed by atoms with van der Waals surface area (Å²) in [6, 6.07) is 10.2. The number of esters is 1. The maximum Gasteiger partial charge on any atom is 0.316 e. The van der Waals surface area contributed by atoms with Crippen LogP contribution in [0.4, 0.5) is 11.4 Å². The van der Waals surface area contributed by atoms with E-state index >= 15 is 0 Å². The lowest BCUT2D eigenvalue weighted by atomic mass is 9.78. The van der Waals surface area contributed by atoms with Crippen LogP contribution in [0.2, 0.25) is 5.02 Å². The van der Waals surface area contributed by atoms with E-state index < -0.39 is 11.9 Å². The summed E-state index contributed by atoms with van der Waals surface area (Å²) in [5, 5.41) is 0.557. The molecule has 2 saturated heterocycles. The molecule has 186 valence electrons. The molecule has 0 N–H and O–H groups in total. The molecule has 3 aliphatic rings. The van der Waals surface area contributed by atoms with Crippen molar-refractivity contribution in [2.45, 2.75) is 33.6 Å². The number of amides is 3. The first-order valence-electron chi connectivity index (χ1n) is 12.1. The lowest BCUT2D eigenvalue weighted by Gasteiger charge is -2.22. The number of halogens is 1. The van der Waals surface area contributed by atoms with E-state index in [1.165, 1.54) is 4.90 Å². The summed E-state index contributed by atoms with van der Waals surface area (Å²) in [5.41, 5.74) is 2.63. The fourth-order valence-electron chi connectivity index (χ4n) is 5.51. The van der Waals surface area contributed by atoms with Crippen LogP contribution in [-0.2, 0) is 19.2 Å². The Labute approximate surface area is 214 Å². The van der Waals surface area contributed by atoms with Crippen LogP contribution in [0, 0.1) is 37.5 Å². The van der Waals surface area contributed by atoms with E-state index in [0.29, 0.717) is 34.1 Å². The van der Waals surface area contributed by atoms with Crippen LogP contribution in [0.15, 0.2) is 48.6 Å². The van der Waals surface area contributed by atoms with Crippen LogP contribution in [-0.4, -0.2) is 30.2 Å². The molecule has 2 aromatic carbocycles. The molecule has 1 aliphatic carbocycles. The smallest absolute Gasteiger partial charge is 0.316 e. The second kappa shape index (κ2) is 9.21. The highest BCUT2D eigenvalue weighted by Crippen LogP contribution is 2.41. The predicted octanol–water partition coefficient (Wildman–Crippen LogP) is 4.62. The molecule has 2 aromatic rings. The molecule has 5 rings (SSSR count). The van der Waals surface area contributed by atoms with Crippen molar-refractivity contribution < 1.29 is 23.9 Å². The minimum absolute atomic E-state index is 0.00937. The van der Waals surface area contributed by atoms with E-state index in [-0.39, 0.29) is 48.4 Å². The number of imide groups is 1. The van der Waals surface area contributed by atoms with E-state index in [4.69, 9.17) is 16.3 Å². The van der Waals surface area contributed by atoms with Gasteiger partial charge in [-0.05, 0) is 67.6 Å². The van der Waals surface area contributed by atoms with Crippen molar-refractivity contribution in [3.63, 3.8) is 0 Å². The number of aryl methyl sites for hydroxylation is 1. The molecule has 3 amide bonds. The predicted molar refractivity (Wildman–Crippen MR) is 136 cm³/mol. The zero-order chi connectivity index (χ0) is 25.7. The summed E-state index contributed by atoms with van der Waals surface area (Å²) in [5.74, 6) is -2.01. The highest BCUT2D eigenvalue weighted by Gasteiger charge is 2.50. The first kappa shape index (κ1) is 24.3. The zero-order valence-corrected chi connectivity index (χ0v) is 21.1. The van der Waals surface area contributed by atoms with Crippen LogP contribution in [0.3, 0.4) is 0 Å². The third-order valence-corrected chi connectivity index (χ3v) is 7.90. The van der Waals surface area contributed by atoms with Gasteiger partial charge in [0, 0.05) is 23.7 Å². The van der Waals surface area contributed by atoms with Crippen molar-refractivity contribution in [2.24, 2.45) is 23.7 Å². The molecule has 0 spiro atoms. The van der Waals surface area contributed by atoms with E-state index in [1.54, 1.807) is 42.2 Å². The minimum Gasteiger partial charge on any atom is -0.426 e. The van der Waals surface area contributed by atoms with Gasteiger partial charge in [-0.15, -0.1) is 0 Å². The third-order valence-electron chi connectivity index (χ3n) is 7.49. The van der Waals surface area contributed by atoms with E-state index in [9.17, 15) is 19.2 Å². The maximum absolute atomic E-state index is 13.1. The van der Waals surface area contributed by atoms with Crippen molar-refractivity contribution in [1.82, 2.24) is 0 Å². The van der Waals surface area contributed by atoms with E-state index in [0.717, 1.165) is 5.56 Å². The average molecular weight is 507 g/mol. The van der Waals surface area contributed by atoms with Gasteiger partial charge >= 0.3 is 5.97 Å². The summed E-state index contributed by atoms with van der Waals surface area (Å²) in [6.07, 6.45) is 4.58. The van der Waals surface area contributed by atoms with Crippen molar-refractivity contribution >= 4 is 46.7 Å². The van der Waals surface area contributed by atoms with Gasteiger partial charge in [-0.2, -0.15) is 0 Å². The van der Waals surface area contributed by atoms with Gasteiger partial charge in [-0.25, -0.2) is 4.90 Å². The van der Waals surface area contributed by atoms with Gasteiger partial charge in [0.05, 0.1) is 23.4 Å². The zero-order valence-electron chi connectivity index (χ0n) is 20.4. The molecular formula is C28H27ClN2O5. The van der Waals surface area contributed by atoms with Gasteiger partial charge < -0.3 is 9.64 Å². The first-order valence-corrected chi connectivity index (χ1v) is 12.5. The topological polar surface area (TPSA) is 84.0 Å². The number of hydrogen-bond donors (Lipinski definition) is 0. The Morgan fingerprint density at radius 1 is 1.06 bits per heavy atom. The Morgan fingerprint density at radius 2 is 1.83 bits per heavy atom. The van der Waals surface area contributed by atoms with Gasteiger partial charge in [-0.1, -0.05) is 36.7 Å². The molecule has 36 heavy (non-hydrogen) atoms. The second-order valence-corrected chi connectivity index (χ2v) is 10.2. The van der Waals surface area contributed by atoms with Crippen LogP contribution >= 0.6 is 11.6 Å². The number of fused-ring (bicyclic) bond motifs is 1. The second-order valence-electron chi connectivity index (χ2n) is 9.83. The number of allylic oxidation sites excluding steroid dienone is 2. The summed E-state index contributed by atoms with van der Waals surface area (Å²) >= 11 is 6.20. The number of benzene rings is 2. The normalized spacial score (nSPS) is 25.5. The molecule has 4 atom stereocenters. The first-order chi connectivity index (χ1) is 17.2. The Balaban J connectivity index is 1.30. The largest absolute Gasteiger partial charge is 0.426 e. The Bertz CT molecular complexity index is 1320. The van der Waals surface area contributed by atoms with Gasteiger partial charge in [0.15, 0.2) is 0 Å². The number of nitrogens with zero attached hydrogens (tertiary/aromatic N) is 2. The summed E-state index contributed by atoms with van der Waals surface area (Å²) < 4.78 is 5.61. The molecule has 2 fully saturated rings. The summed E-state index contributed by atoms with van der Waals surface area (Å²) in [7, 11) is 0. The molecule has 0 saturated carbocycles. The van der Waals surface area contributed by atoms with Crippen molar-refractivity contribution in [3.05, 3.63) is 64.7 Å². The van der Waals surface area contributed by atoms with Crippen LogP contribution in [0.25, 0.3) is 0 Å². The molecule has 2 heterocycles. The molecule has 0 unspecified atom stereocenters. The average Bonchev–Trinajstić information content (AvgIpc) is 3.34. The van der Waals surface area contributed by atoms with Crippen molar-refractivity contribution in [3.8, 4) is 5.75 Å². The summed E-state index contributed by atoms with van der Waals surface area (Å²) in [4.78, 5) is 54.6. The quantitative estimate of drug-likeness (QED) is 0.261. The van der Waals surface area contributed by atoms with Crippen molar-refractivity contribution in [1.29, 1.82) is 0 Å². The monoisotopic (exact) mass is 506 g/mol. The van der Waals surface area contributed by atoms with Gasteiger partial charge in [-0.3, -0.25) is 19.2 Å². The Kier molecular flexibility index (Phi) is 6.20. The van der Waals surface area contributed by atoms with Crippen LogP contribution in [0.5, 0.6) is 5.75 Å². The third kappa shape index (κ3) is 4.01. The Hall–Kier alpha value is -3.45. The Morgan fingerprint density at radius 3 is 2.56 bits per heavy atom.